The van der Waals surface area contributed by atoms with E-state index >= 15 is 0 Å². The van der Waals surface area contributed by atoms with Crippen LogP contribution in [0.5, 0.6) is 0 Å². The van der Waals surface area contributed by atoms with Crippen molar-refractivity contribution in [1.82, 2.24) is 30.2 Å². The predicted molar refractivity (Wildman–Crippen MR) is 129 cm³/mol. The number of nitrogens with zero attached hydrogens (tertiary/aromatic N) is 6. The normalized spacial score (nSPS) is 11.4. The molecule has 0 radical (unpaired) electrons. The van der Waals surface area contributed by atoms with Crippen LogP contribution in [0.3, 0.4) is 0 Å². The monoisotopic (exact) mass is 457 g/mol. The van der Waals surface area contributed by atoms with Gasteiger partial charge in [0.15, 0.2) is 5.16 Å². The van der Waals surface area contributed by atoms with Crippen molar-refractivity contribution in [2.75, 3.05) is 0 Å². The van der Waals surface area contributed by atoms with Gasteiger partial charge in [-0.1, -0.05) is 36.0 Å². The molecule has 9 heteroatoms. The number of thioether (sulfide) groups is 1. The summed E-state index contributed by atoms with van der Waals surface area (Å²) in [6.45, 7) is 5.77. The zero-order chi connectivity index (χ0) is 23.2. The van der Waals surface area contributed by atoms with Crippen LogP contribution in [0.1, 0.15) is 39.8 Å². The number of benzene rings is 2. The van der Waals surface area contributed by atoms with E-state index in [9.17, 15) is 4.79 Å². The molecular weight excluding hydrogens is 434 g/mol. The molecule has 0 unspecified atom stereocenters. The molecule has 0 saturated carbocycles. The fourth-order valence-corrected chi connectivity index (χ4v) is 4.02. The Morgan fingerprint density at radius 2 is 1.67 bits per heavy atom. The molecule has 0 aliphatic rings. The second-order valence-corrected chi connectivity index (χ2v) is 8.39. The number of hydrazone groups is 1. The summed E-state index contributed by atoms with van der Waals surface area (Å²) in [5.74, 6) is 0.470. The van der Waals surface area contributed by atoms with E-state index in [1.807, 2.05) is 63.2 Å². The van der Waals surface area contributed by atoms with Gasteiger partial charge in [-0.05, 0) is 62.2 Å². The van der Waals surface area contributed by atoms with Gasteiger partial charge < -0.3 is 0 Å². The summed E-state index contributed by atoms with van der Waals surface area (Å²) in [5.41, 5.74) is 8.68. The van der Waals surface area contributed by atoms with Crippen LogP contribution in [-0.4, -0.2) is 36.4 Å². The summed E-state index contributed by atoms with van der Waals surface area (Å²) in [4.78, 5) is 25.3. The first-order valence-electron chi connectivity index (χ1n) is 10.3. The van der Waals surface area contributed by atoms with Crippen molar-refractivity contribution in [2.24, 2.45) is 5.10 Å². The molecule has 0 aliphatic heterocycles. The van der Waals surface area contributed by atoms with Crippen LogP contribution in [0.4, 0.5) is 0 Å². The smallest absolute Gasteiger partial charge is 0.267 e. The maximum absolute atomic E-state index is 12.5. The SMILES string of the molecule is C/C(=N\NC(=O)c1ccc(CSc2nc(C)cc(C)n2)cc1)c1ccc(-n2cncn2)cc1. The number of rotatable bonds is 7. The molecule has 2 aromatic carbocycles. The van der Waals surface area contributed by atoms with E-state index in [1.165, 1.54) is 6.33 Å². The van der Waals surface area contributed by atoms with Gasteiger partial charge in [-0.3, -0.25) is 4.79 Å². The molecule has 2 aromatic heterocycles. The third-order valence-electron chi connectivity index (χ3n) is 4.84. The van der Waals surface area contributed by atoms with E-state index in [1.54, 1.807) is 34.9 Å². The largest absolute Gasteiger partial charge is 0.271 e. The summed E-state index contributed by atoms with van der Waals surface area (Å²) >= 11 is 1.57. The Balaban J connectivity index is 1.33. The van der Waals surface area contributed by atoms with Crippen LogP contribution >= 0.6 is 11.8 Å². The number of aromatic nitrogens is 5. The Morgan fingerprint density at radius 3 is 2.30 bits per heavy atom. The molecule has 33 heavy (non-hydrogen) atoms. The van der Waals surface area contributed by atoms with Gasteiger partial charge in [-0.15, -0.1) is 0 Å². The molecule has 0 bridgehead atoms. The molecular formula is C24H23N7OS. The second-order valence-electron chi connectivity index (χ2n) is 7.44. The molecule has 2 heterocycles. The molecule has 166 valence electrons. The molecule has 0 fully saturated rings. The second kappa shape index (κ2) is 10.2. The quantitative estimate of drug-likeness (QED) is 0.194. The van der Waals surface area contributed by atoms with E-state index in [0.29, 0.717) is 11.3 Å². The standard InChI is InChI=1S/C24H23N7OS/c1-16-12-17(2)28-24(27-16)33-13-19-4-6-21(7-5-19)23(32)30-29-18(3)20-8-10-22(11-9-20)31-15-25-14-26-31/h4-12,14-15H,13H2,1-3H3,(H,30,32)/b29-18+. The number of hydrogen-bond donors (Lipinski definition) is 1. The lowest BCUT2D eigenvalue weighted by Crippen LogP contribution is -2.19. The number of aryl methyl sites for hydroxylation is 2. The minimum absolute atomic E-state index is 0.259. The van der Waals surface area contributed by atoms with Gasteiger partial charge in [0.1, 0.15) is 12.7 Å². The lowest BCUT2D eigenvalue weighted by Gasteiger charge is -2.06. The van der Waals surface area contributed by atoms with Crippen LogP contribution in [0.25, 0.3) is 5.69 Å². The molecule has 0 spiro atoms. The fraction of sp³-hybridized carbons (Fsp3) is 0.167. The third-order valence-corrected chi connectivity index (χ3v) is 5.76. The highest BCUT2D eigenvalue weighted by molar-refractivity contribution is 7.98. The fourth-order valence-electron chi connectivity index (χ4n) is 3.12. The van der Waals surface area contributed by atoms with E-state index < -0.39 is 0 Å². The predicted octanol–water partition coefficient (Wildman–Crippen LogP) is 4.12. The lowest BCUT2D eigenvalue weighted by molar-refractivity contribution is 0.0955. The molecule has 0 aliphatic carbocycles. The summed E-state index contributed by atoms with van der Waals surface area (Å²) in [5, 5.41) is 9.10. The van der Waals surface area contributed by atoms with Gasteiger partial charge in [0.2, 0.25) is 0 Å². The molecule has 0 atom stereocenters. The van der Waals surface area contributed by atoms with Crippen molar-refractivity contribution >= 4 is 23.4 Å². The first-order chi connectivity index (χ1) is 16.0. The topological polar surface area (TPSA) is 98.0 Å². The van der Waals surface area contributed by atoms with Gasteiger partial charge in [0.05, 0.1) is 11.4 Å². The molecule has 4 rings (SSSR count). The molecule has 4 aromatic rings. The van der Waals surface area contributed by atoms with Gasteiger partial charge in [-0.25, -0.2) is 25.1 Å². The summed E-state index contributed by atoms with van der Waals surface area (Å²) in [7, 11) is 0. The highest BCUT2D eigenvalue weighted by Crippen LogP contribution is 2.20. The highest BCUT2D eigenvalue weighted by Gasteiger charge is 2.07. The van der Waals surface area contributed by atoms with E-state index in [0.717, 1.165) is 39.1 Å². The van der Waals surface area contributed by atoms with Crippen molar-refractivity contribution in [3.05, 3.63) is 95.3 Å². The Morgan fingerprint density at radius 1 is 1.00 bits per heavy atom. The van der Waals surface area contributed by atoms with Crippen LogP contribution in [0.2, 0.25) is 0 Å². The average molecular weight is 458 g/mol. The van der Waals surface area contributed by atoms with Gasteiger partial charge in [0, 0.05) is 22.7 Å². The Bertz CT molecular complexity index is 1250. The van der Waals surface area contributed by atoms with Crippen molar-refractivity contribution in [3.63, 3.8) is 0 Å². The minimum Gasteiger partial charge on any atom is -0.267 e. The lowest BCUT2D eigenvalue weighted by atomic mass is 10.1. The van der Waals surface area contributed by atoms with Crippen LogP contribution in [-0.2, 0) is 5.75 Å². The van der Waals surface area contributed by atoms with Crippen LogP contribution in [0.15, 0.2) is 77.5 Å². The Kier molecular flexibility index (Phi) is 6.89. The number of hydrogen-bond acceptors (Lipinski definition) is 7. The van der Waals surface area contributed by atoms with E-state index in [4.69, 9.17) is 0 Å². The van der Waals surface area contributed by atoms with E-state index in [-0.39, 0.29) is 5.91 Å². The zero-order valence-electron chi connectivity index (χ0n) is 18.6. The van der Waals surface area contributed by atoms with Crippen molar-refractivity contribution in [2.45, 2.75) is 31.7 Å². The highest BCUT2D eigenvalue weighted by atomic mass is 32.2. The van der Waals surface area contributed by atoms with E-state index in [2.05, 4.69) is 30.6 Å². The van der Waals surface area contributed by atoms with Gasteiger partial charge in [-0.2, -0.15) is 10.2 Å². The maximum Gasteiger partial charge on any atom is 0.271 e. The average Bonchev–Trinajstić information content (AvgIpc) is 3.36. The van der Waals surface area contributed by atoms with Gasteiger partial charge in [0.25, 0.3) is 5.91 Å². The summed E-state index contributed by atoms with van der Waals surface area (Å²) < 4.78 is 1.68. The molecule has 1 N–H and O–H groups in total. The first-order valence-corrected chi connectivity index (χ1v) is 11.3. The first kappa shape index (κ1) is 22.3. The van der Waals surface area contributed by atoms with Crippen LogP contribution < -0.4 is 5.43 Å². The number of nitrogens with one attached hydrogen (secondary N) is 1. The maximum atomic E-state index is 12.5. The zero-order valence-corrected chi connectivity index (χ0v) is 19.4. The molecule has 0 saturated heterocycles. The van der Waals surface area contributed by atoms with Crippen molar-refractivity contribution in [1.29, 1.82) is 0 Å². The van der Waals surface area contributed by atoms with Gasteiger partial charge >= 0.3 is 0 Å². The Hall–Kier alpha value is -3.85. The number of amides is 1. The van der Waals surface area contributed by atoms with Crippen molar-refractivity contribution in [3.8, 4) is 5.69 Å². The molecule has 8 nitrogen and oxygen atoms in total. The molecule has 1 amide bonds. The summed E-state index contributed by atoms with van der Waals surface area (Å²) in [6.07, 6.45) is 3.12. The third kappa shape index (κ3) is 5.89. The summed E-state index contributed by atoms with van der Waals surface area (Å²) in [6, 6.07) is 17.1. The van der Waals surface area contributed by atoms with Crippen molar-refractivity contribution < 1.29 is 4.79 Å². The minimum atomic E-state index is -0.259. The Labute approximate surface area is 196 Å². The number of carbonyl (C=O) groups is 1. The number of carbonyl (C=O) groups excluding carboxylic acids is 1. The van der Waals surface area contributed by atoms with Crippen LogP contribution in [0, 0.1) is 13.8 Å².